The molecule has 1 heterocycles. The van der Waals surface area contributed by atoms with Gasteiger partial charge in [0.2, 0.25) is 0 Å². The van der Waals surface area contributed by atoms with E-state index >= 15 is 0 Å². The Hall–Kier alpha value is -1.07. The molecule has 1 amide bonds. The fraction of sp³-hybridized carbons (Fsp3) is 0.632. The lowest BCUT2D eigenvalue weighted by atomic mass is 10.0. The number of carbonyl (C=O) groups excluding carboxylic acids is 1. The molecule has 1 N–H and O–H groups in total. The molecule has 1 aliphatic carbocycles. The highest BCUT2D eigenvalue weighted by Gasteiger charge is 2.31. The zero-order chi connectivity index (χ0) is 17.3. The summed E-state index contributed by atoms with van der Waals surface area (Å²) >= 11 is 3.57. The van der Waals surface area contributed by atoms with Gasteiger partial charge in [0.25, 0.3) is 0 Å². The van der Waals surface area contributed by atoms with Gasteiger partial charge in [-0.1, -0.05) is 22.0 Å². The Kier molecular flexibility index (Phi) is 5.21. The quantitative estimate of drug-likeness (QED) is 0.806. The molecule has 0 saturated carbocycles. The van der Waals surface area contributed by atoms with Crippen LogP contribution in [0.2, 0.25) is 0 Å². The van der Waals surface area contributed by atoms with Gasteiger partial charge in [-0.3, -0.25) is 4.90 Å². The number of aryl methyl sites for hydroxylation is 1. The van der Waals surface area contributed by atoms with Gasteiger partial charge in [0.1, 0.15) is 5.60 Å². The summed E-state index contributed by atoms with van der Waals surface area (Å²) in [4.78, 5) is 14.5. The predicted octanol–water partition coefficient (Wildman–Crippen LogP) is 4.43. The second kappa shape index (κ2) is 7.04. The van der Waals surface area contributed by atoms with Crippen molar-refractivity contribution in [3.63, 3.8) is 0 Å². The Bertz CT molecular complexity index is 604. The fourth-order valence-corrected chi connectivity index (χ4v) is 4.18. The molecule has 132 valence electrons. The number of halogens is 1. The van der Waals surface area contributed by atoms with Crippen LogP contribution in [0.4, 0.5) is 4.79 Å². The number of hydrogen-bond donors (Lipinski definition) is 1. The fourth-order valence-electron chi connectivity index (χ4n) is 3.77. The number of carbonyl (C=O) groups is 1. The monoisotopic (exact) mass is 394 g/mol. The Morgan fingerprint density at radius 2 is 1.96 bits per heavy atom. The van der Waals surface area contributed by atoms with Crippen molar-refractivity contribution in [3.05, 3.63) is 33.8 Å². The van der Waals surface area contributed by atoms with Gasteiger partial charge in [0, 0.05) is 29.6 Å². The highest BCUT2D eigenvalue weighted by molar-refractivity contribution is 9.10. The number of piperidine rings is 1. The van der Waals surface area contributed by atoms with E-state index in [2.05, 4.69) is 44.3 Å². The number of nitrogens with one attached hydrogen (secondary N) is 1. The number of amides is 1. The zero-order valence-electron chi connectivity index (χ0n) is 14.8. The molecule has 5 heteroatoms. The number of ether oxygens (including phenoxy) is 1. The van der Waals surface area contributed by atoms with Crippen LogP contribution in [-0.2, 0) is 11.2 Å². The van der Waals surface area contributed by atoms with Gasteiger partial charge < -0.3 is 10.1 Å². The smallest absolute Gasteiger partial charge is 0.407 e. The van der Waals surface area contributed by atoms with E-state index in [-0.39, 0.29) is 12.1 Å². The Labute approximate surface area is 153 Å². The van der Waals surface area contributed by atoms with Crippen LogP contribution in [0.25, 0.3) is 0 Å². The second-order valence-electron chi connectivity index (χ2n) is 7.85. The van der Waals surface area contributed by atoms with Crippen LogP contribution in [0, 0.1) is 0 Å². The molecule has 0 radical (unpaired) electrons. The lowest BCUT2D eigenvalue weighted by Crippen LogP contribution is -2.46. The lowest BCUT2D eigenvalue weighted by Gasteiger charge is -2.36. The molecular weight excluding hydrogens is 368 g/mol. The van der Waals surface area contributed by atoms with Crippen LogP contribution in [-0.4, -0.2) is 35.7 Å². The molecule has 1 saturated heterocycles. The first-order valence-electron chi connectivity index (χ1n) is 8.84. The Morgan fingerprint density at radius 1 is 1.25 bits per heavy atom. The third-order valence-electron chi connectivity index (χ3n) is 4.84. The number of hydrogen-bond acceptors (Lipinski definition) is 3. The summed E-state index contributed by atoms with van der Waals surface area (Å²) in [6.45, 7) is 7.74. The molecule has 1 aromatic rings. The van der Waals surface area contributed by atoms with Crippen LogP contribution >= 0.6 is 15.9 Å². The van der Waals surface area contributed by atoms with Gasteiger partial charge in [-0.2, -0.15) is 0 Å². The molecule has 1 unspecified atom stereocenters. The lowest BCUT2D eigenvalue weighted by molar-refractivity contribution is 0.0467. The number of fused-ring (bicyclic) bond motifs is 1. The van der Waals surface area contributed by atoms with Gasteiger partial charge in [0.05, 0.1) is 0 Å². The summed E-state index contributed by atoms with van der Waals surface area (Å²) in [5.74, 6) is 0. The van der Waals surface area contributed by atoms with E-state index in [1.807, 2.05) is 20.8 Å². The SMILES string of the molecule is CC(C)(C)OC(=O)NC1CCN(C2CCc3cc(Br)ccc32)CC1. The standard InChI is InChI=1S/C19H27BrN2O2/c1-19(2,3)24-18(23)21-15-8-10-22(11-9-15)17-7-4-13-12-14(20)5-6-16(13)17/h5-6,12,15,17H,4,7-11H2,1-3H3,(H,21,23). The van der Waals surface area contributed by atoms with E-state index in [4.69, 9.17) is 4.74 Å². The van der Waals surface area contributed by atoms with Crippen molar-refractivity contribution in [2.75, 3.05) is 13.1 Å². The molecule has 0 spiro atoms. The van der Waals surface area contributed by atoms with E-state index in [9.17, 15) is 4.79 Å². The summed E-state index contributed by atoms with van der Waals surface area (Å²) in [5, 5.41) is 3.02. The minimum atomic E-state index is -0.438. The van der Waals surface area contributed by atoms with Crippen molar-refractivity contribution in [2.24, 2.45) is 0 Å². The third-order valence-corrected chi connectivity index (χ3v) is 5.34. The number of benzene rings is 1. The zero-order valence-corrected chi connectivity index (χ0v) is 16.4. The molecule has 0 aromatic heterocycles. The van der Waals surface area contributed by atoms with E-state index in [1.165, 1.54) is 22.0 Å². The largest absolute Gasteiger partial charge is 0.444 e. The van der Waals surface area contributed by atoms with Crippen molar-refractivity contribution < 1.29 is 9.53 Å². The molecule has 4 nitrogen and oxygen atoms in total. The van der Waals surface area contributed by atoms with Crippen molar-refractivity contribution >= 4 is 22.0 Å². The minimum absolute atomic E-state index is 0.224. The van der Waals surface area contributed by atoms with Gasteiger partial charge in [-0.15, -0.1) is 0 Å². The summed E-state index contributed by atoms with van der Waals surface area (Å²) in [6, 6.07) is 7.43. The molecule has 1 aromatic carbocycles. The first-order valence-corrected chi connectivity index (χ1v) is 9.63. The molecule has 1 aliphatic heterocycles. The summed E-state index contributed by atoms with van der Waals surface area (Å²) in [7, 11) is 0. The predicted molar refractivity (Wildman–Crippen MR) is 99.2 cm³/mol. The van der Waals surface area contributed by atoms with Gasteiger partial charge in [0.15, 0.2) is 0 Å². The molecule has 24 heavy (non-hydrogen) atoms. The van der Waals surface area contributed by atoms with Crippen molar-refractivity contribution in [2.45, 2.75) is 64.1 Å². The van der Waals surface area contributed by atoms with Crippen molar-refractivity contribution in [3.8, 4) is 0 Å². The van der Waals surface area contributed by atoms with Crippen LogP contribution in [0.15, 0.2) is 22.7 Å². The maximum Gasteiger partial charge on any atom is 0.407 e. The number of nitrogens with zero attached hydrogens (tertiary/aromatic N) is 1. The average Bonchev–Trinajstić information content (AvgIpc) is 2.89. The normalized spacial score (nSPS) is 22.2. The van der Waals surface area contributed by atoms with Crippen molar-refractivity contribution in [1.82, 2.24) is 10.2 Å². The first kappa shape index (κ1) is 17.7. The molecule has 2 aliphatic rings. The minimum Gasteiger partial charge on any atom is -0.444 e. The number of rotatable bonds is 2. The number of alkyl carbamates (subject to hydrolysis) is 1. The van der Waals surface area contributed by atoms with E-state index in [0.717, 1.165) is 32.4 Å². The average molecular weight is 395 g/mol. The van der Waals surface area contributed by atoms with E-state index < -0.39 is 5.60 Å². The van der Waals surface area contributed by atoms with E-state index in [0.29, 0.717) is 6.04 Å². The van der Waals surface area contributed by atoms with Crippen LogP contribution in [0.5, 0.6) is 0 Å². The van der Waals surface area contributed by atoms with Gasteiger partial charge in [-0.05, 0) is 69.7 Å². The first-order chi connectivity index (χ1) is 11.3. The summed E-state index contributed by atoms with van der Waals surface area (Å²) in [6.07, 6.45) is 4.05. The maximum atomic E-state index is 11.9. The van der Waals surface area contributed by atoms with Gasteiger partial charge in [-0.25, -0.2) is 4.79 Å². The highest BCUT2D eigenvalue weighted by Crippen LogP contribution is 2.38. The molecule has 1 atom stereocenters. The second-order valence-corrected chi connectivity index (χ2v) is 8.77. The molecular formula is C19H27BrN2O2. The summed E-state index contributed by atoms with van der Waals surface area (Å²) < 4.78 is 6.53. The maximum absolute atomic E-state index is 11.9. The van der Waals surface area contributed by atoms with E-state index in [1.54, 1.807) is 0 Å². The van der Waals surface area contributed by atoms with Crippen molar-refractivity contribution in [1.29, 1.82) is 0 Å². The topological polar surface area (TPSA) is 41.6 Å². The van der Waals surface area contributed by atoms with Gasteiger partial charge >= 0.3 is 6.09 Å². The van der Waals surface area contributed by atoms with Crippen LogP contribution < -0.4 is 5.32 Å². The molecule has 1 fully saturated rings. The Morgan fingerprint density at radius 3 is 2.62 bits per heavy atom. The molecule has 3 rings (SSSR count). The molecule has 0 bridgehead atoms. The summed E-state index contributed by atoms with van der Waals surface area (Å²) in [5.41, 5.74) is 2.52. The third kappa shape index (κ3) is 4.31. The number of likely N-dealkylation sites (tertiary alicyclic amines) is 1. The Balaban J connectivity index is 1.52. The van der Waals surface area contributed by atoms with Crippen LogP contribution in [0.3, 0.4) is 0 Å². The highest BCUT2D eigenvalue weighted by atomic mass is 79.9. The van der Waals surface area contributed by atoms with Crippen LogP contribution in [0.1, 0.15) is 57.2 Å².